The summed E-state index contributed by atoms with van der Waals surface area (Å²) in [4.78, 5) is 22.3. The molecule has 0 rings (SSSR count). The minimum atomic E-state index is -1.84. The van der Waals surface area contributed by atoms with Crippen LogP contribution >= 0.6 is 0 Å². The monoisotopic (exact) mass is 296 g/mol. The van der Waals surface area contributed by atoms with Gasteiger partial charge in [0.2, 0.25) is 0 Å². The Kier molecular flexibility index (Phi) is 12.4. The third-order valence-corrected chi connectivity index (χ3v) is 3.64. The van der Waals surface area contributed by atoms with E-state index in [4.69, 9.17) is 0 Å². The van der Waals surface area contributed by atoms with Crippen molar-refractivity contribution >= 4 is 49.7 Å². The van der Waals surface area contributed by atoms with Crippen LogP contribution in [-0.2, 0) is 9.59 Å². The molecule has 4 nitrogen and oxygen atoms in total. The Labute approximate surface area is 146 Å². The molecular weight excluding hydrogens is 272 g/mol. The minimum absolute atomic E-state index is 0. The molecule has 0 aliphatic carbocycles. The summed E-state index contributed by atoms with van der Waals surface area (Å²) in [5.41, 5.74) is -1.84. The summed E-state index contributed by atoms with van der Waals surface area (Å²) in [6, 6.07) is 0. The molecule has 0 atom stereocenters. The number of aliphatic carboxylic acids is 2. The van der Waals surface area contributed by atoms with Crippen LogP contribution in [0, 0.1) is 11.3 Å². The molecule has 0 heterocycles. The molecule has 0 unspecified atom stereocenters. The van der Waals surface area contributed by atoms with E-state index in [1.165, 1.54) is 0 Å². The molecule has 0 spiro atoms. The molecule has 0 saturated carbocycles. The van der Waals surface area contributed by atoms with Crippen LogP contribution in [0.4, 0.5) is 0 Å². The number of carboxylic acids is 2. The van der Waals surface area contributed by atoms with Crippen molar-refractivity contribution in [3.8, 4) is 0 Å². The second-order valence-corrected chi connectivity index (χ2v) is 5.22. The molecule has 0 saturated heterocycles. The third kappa shape index (κ3) is 6.46. The number of hydrogen-bond acceptors (Lipinski definition) is 4. The predicted octanol–water partition coefficient (Wildman–Crippen LogP) is 0.498. The second kappa shape index (κ2) is 10.9. The standard InChI is InChI=1S/C14H26O4.Ca/c1-4-5-6-7-8-9-10-14(11(2)3,12(15)16)13(17)18;/h11H,4-10H2,1-3H3,(H,15,16)(H,17,18);/q;+2/p-2. The molecule has 0 aromatic heterocycles. The van der Waals surface area contributed by atoms with Gasteiger partial charge in [-0.3, -0.25) is 0 Å². The number of carboxylic acid groups (broad SMARTS) is 2. The smallest absolute Gasteiger partial charge is 0.549 e. The van der Waals surface area contributed by atoms with E-state index in [0.717, 1.165) is 32.1 Å². The van der Waals surface area contributed by atoms with Gasteiger partial charge in [-0.25, -0.2) is 0 Å². The number of carbonyl (C=O) groups excluding carboxylic acids is 2. The van der Waals surface area contributed by atoms with E-state index >= 15 is 0 Å². The van der Waals surface area contributed by atoms with Gasteiger partial charge in [0.05, 0.1) is 17.4 Å². The number of carbonyl (C=O) groups is 2. The van der Waals surface area contributed by atoms with Gasteiger partial charge in [0, 0.05) is 0 Å². The Morgan fingerprint density at radius 3 is 1.74 bits per heavy atom. The van der Waals surface area contributed by atoms with Crippen molar-refractivity contribution in [2.45, 2.75) is 65.7 Å². The fourth-order valence-electron chi connectivity index (χ4n) is 2.23. The maximum Gasteiger partial charge on any atom is 2.00 e. The zero-order valence-electron chi connectivity index (χ0n) is 12.4. The molecule has 0 N–H and O–H groups in total. The number of unbranched alkanes of at least 4 members (excludes halogenated alkanes) is 5. The predicted molar refractivity (Wildman–Crippen MR) is 71.0 cm³/mol. The van der Waals surface area contributed by atoms with Crippen molar-refractivity contribution in [3.63, 3.8) is 0 Å². The quantitative estimate of drug-likeness (QED) is 0.334. The van der Waals surface area contributed by atoms with Gasteiger partial charge in [0.25, 0.3) is 0 Å². The van der Waals surface area contributed by atoms with Crippen LogP contribution in [0.5, 0.6) is 0 Å². The molecule has 0 aliphatic heterocycles. The summed E-state index contributed by atoms with van der Waals surface area (Å²) < 4.78 is 0. The van der Waals surface area contributed by atoms with Gasteiger partial charge in [-0.2, -0.15) is 0 Å². The number of hydrogen-bond donors (Lipinski definition) is 0. The largest absolute Gasteiger partial charge is 2.00 e. The van der Waals surface area contributed by atoms with Crippen LogP contribution in [0.2, 0.25) is 0 Å². The van der Waals surface area contributed by atoms with Crippen molar-refractivity contribution < 1.29 is 19.8 Å². The molecular formula is C14H24CaO4. The summed E-state index contributed by atoms with van der Waals surface area (Å²) >= 11 is 0. The van der Waals surface area contributed by atoms with Crippen molar-refractivity contribution in [1.82, 2.24) is 0 Å². The number of rotatable bonds is 10. The zero-order chi connectivity index (χ0) is 14.2. The van der Waals surface area contributed by atoms with Gasteiger partial charge in [-0.05, 0) is 12.3 Å². The molecule has 0 radical (unpaired) electrons. The molecule has 0 aromatic rings. The van der Waals surface area contributed by atoms with Crippen LogP contribution in [0.1, 0.15) is 65.7 Å². The molecule has 0 aromatic carbocycles. The average Bonchev–Trinajstić information content (AvgIpc) is 2.26. The summed E-state index contributed by atoms with van der Waals surface area (Å²) in [6.07, 6.45) is 5.98. The van der Waals surface area contributed by atoms with E-state index in [-0.39, 0.29) is 44.2 Å². The van der Waals surface area contributed by atoms with E-state index in [1.54, 1.807) is 13.8 Å². The van der Waals surface area contributed by atoms with Crippen LogP contribution < -0.4 is 10.2 Å². The summed E-state index contributed by atoms with van der Waals surface area (Å²) in [5, 5.41) is 22.3. The van der Waals surface area contributed by atoms with Gasteiger partial charge in [0.1, 0.15) is 0 Å². The van der Waals surface area contributed by atoms with E-state index < -0.39 is 23.3 Å². The van der Waals surface area contributed by atoms with Crippen LogP contribution in [0.3, 0.4) is 0 Å². The second-order valence-electron chi connectivity index (χ2n) is 5.22. The first kappa shape index (κ1) is 21.5. The first-order chi connectivity index (χ1) is 8.39. The van der Waals surface area contributed by atoms with E-state index in [1.807, 2.05) is 0 Å². The first-order valence-electron chi connectivity index (χ1n) is 6.82. The summed E-state index contributed by atoms with van der Waals surface area (Å²) in [7, 11) is 0. The van der Waals surface area contributed by atoms with Crippen molar-refractivity contribution in [3.05, 3.63) is 0 Å². The van der Waals surface area contributed by atoms with Crippen molar-refractivity contribution in [2.24, 2.45) is 11.3 Å². The molecule has 0 fully saturated rings. The molecule has 19 heavy (non-hydrogen) atoms. The Morgan fingerprint density at radius 2 is 1.37 bits per heavy atom. The Morgan fingerprint density at radius 1 is 0.947 bits per heavy atom. The summed E-state index contributed by atoms with van der Waals surface area (Å²) in [5.74, 6) is -3.57. The van der Waals surface area contributed by atoms with Crippen molar-refractivity contribution in [1.29, 1.82) is 0 Å². The Bertz CT molecular complexity index is 263. The average molecular weight is 296 g/mol. The third-order valence-electron chi connectivity index (χ3n) is 3.64. The molecule has 0 amide bonds. The van der Waals surface area contributed by atoms with Crippen LogP contribution in [0.25, 0.3) is 0 Å². The molecule has 0 bridgehead atoms. The topological polar surface area (TPSA) is 80.3 Å². The first-order valence-corrected chi connectivity index (χ1v) is 6.82. The van der Waals surface area contributed by atoms with Crippen molar-refractivity contribution in [2.75, 3.05) is 0 Å². The van der Waals surface area contributed by atoms with Gasteiger partial charge in [-0.15, -0.1) is 0 Å². The van der Waals surface area contributed by atoms with Gasteiger partial charge >= 0.3 is 37.7 Å². The maximum absolute atomic E-state index is 11.1. The van der Waals surface area contributed by atoms with E-state index in [0.29, 0.717) is 6.42 Å². The van der Waals surface area contributed by atoms with Gasteiger partial charge in [-0.1, -0.05) is 59.3 Å². The fourth-order valence-corrected chi connectivity index (χ4v) is 2.23. The Balaban J connectivity index is 0. The Hall–Kier alpha value is 0.200. The van der Waals surface area contributed by atoms with E-state index in [9.17, 15) is 19.8 Å². The summed E-state index contributed by atoms with van der Waals surface area (Å²) in [6.45, 7) is 5.29. The van der Waals surface area contributed by atoms with Gasteiger partial charge in [0.15, 0.2) is 0 Å². The molecule has 0 aliphatic rings. The van der Waals surface area contributed by atoms with E-state index in [2.05, 4.69) is 6.92 Å². The van der Waals surface area contributed by atoms with Crippen LogP contribution in [-0.4, -0.2) is 49.7 Å². The molecule has 106 valence electrons. The van der Waals surface area contributed by atoms with Crippen LogP contribution in [0.15, 0.2) is 0 Å². The normalized spacial score (nSPS) is 11.2. The minimum Gasteiger partial charge on any atom is -0.549 e. The van der Waals surface area contributed by atoms with Gasteiger partial charge < -0.3 is 19.8 Å². The SMILES string of the molecule is CCCCCCCCC(C(=O)[O-])(C(=O)[O-])C(C)C.[Ca+2]. The zero-order valence-corrected chi connectivity index (χ0v) is 14.6. The maximum atomic E-state index is 11.1. The molecule has 5 heteroatoms. The fraction of sp³-hybridized carbons (Fsp3) is 0.857.